The second kappa shape index (κ2) is 10.7. The topological polar surface area (TPSA) is 76.7 Å². The van der Waals surface area contributed by atoms with Crippen molar-refractivity contribution in [1.82, 2.24) is 10.6 Å². The Morgan fingerprint density at radius 3 is 2.43 bits per heavy atom. The molecule has 2 aromatic carbocycles. The number of hydrogen-bond acceptors (Lipinski definition) is 4. The van der Waals surface area contributed by atoms with Gasteiger partial charge in [0.15, 0.2) is 11.5 Å². The molecule has 148 valence electrons. The van der Waals surface area contributed by atoms with Gasteiger partial charge in [-0.3, -0.25) is 9.59 Å². The standard InChI is InChI=1S/C20H20F2N2O4/c1-27-16-9-5-8-14(18(16)28-20(21)22)10-11-17(25)23-12-13-24-19(26)15-6-3-2-4-7-15/h2-11,20H,12-13H2,1H3,(H,23,25)(H,24,26)/b11-10+. The van der Waals surface area contributed by atoms with Crippen molar-refractivity contribution < 1.29 is 27.8 Å². The smallest absolute Gasteiger partial charge is 0.387 e. The fraction of sp³-hybridized carbons (Fsp3) is 0.200. The molecule has 6 nitrogen and oxygen atoms in total. The summed E-state index contributed by atoms with van der Waals surface area (Å²) in [6.07, 6.45) is 2.53. The molecule has 0 unspecified atom stereocenters. The summed E-state index contributed by atoms with van der Waals surface area (Å²) >= 11 is 0. The van der Waals surface area contributed by atoms with Crippen molar-refractivity contribution in [3.05, 3.63) is 65.7 Å². The van der Waals surface area contributed by atoms with Crippen molar-refractivity contribution in [2.24, 2.45) is 0 Å². The molecule has 0 aliphatic rings. The highest BCUT2D eigenvalue weighted by atomic mass is 19.3. The van der Waals surface area contributed by atoms with E-state index in [0.717, 1.165) is 0 Å². The number of methoxy groups -OCH3 is 1. The van der Waals surface area contributed by atoms with Gasteiger partial charge in [0, 0.05) is 30.3 Å². The number of rotatable bonds is 9. The van der Waals surface area contributed by atoms with Gasteiger partial charge in [-0.2, -0.15) is 8.78 Å². The number of ether oxygens (including phenoxy) is 2. The Morgan fingerprint density at radius 2 is 1.75 bits per heavy atom. The van der Waals surface area contributed by atoms with E-state index in [0.29, 0.717) is 5.56 Å². The quantitative estimate of drug-likeness (QED) is 0.510. The molecule has 0 atom stereocenters. The van der Waals surface area contributed by atoms with Crippen molar-refractivity contribution in [1.29, 1.82) is 0 Å². The minimum absolute atomic E-state index is 0.131. The van der Waals surface area contributed by atoms with Gasteiger partial charge >= 0.3 is 6.61 Å². The van der Waals surface area contributed by atoms with Gasteiger partial charge in [0.1, 0.15) is 0 Å². The maximum Gasteiger partial charge on any atom is 0.387 e. The minimum Gasteiger partial charge on any atom is -0.493 e. The summed E-state index contributed by atoms with van der Waals surface area (Å²) in [7, 11) is 1.33. The maximum absolute atomic E-state index is 12.6. The largest absolute Gasteiger partial charge is 0.493 e. The van der Waals surface area contributed by atoms with Gasteiger partial charge in [0.25, 0.3) is 5.91 Å². The van der Waals surface area contributed by atoms with Crippen LogP contribution in [0.15, 0.2) is 54.6 Å². The van der Waals surface area contributed by atoms with Gasteiger partial charge in [-0.1, -0.05) is 30.3 Å². The van der Waals surface area contributed by atoms with Crippen molar-refractivity contribution >= 4 is 17.9 Å². The van der Waals surface area contributed by atoms with Crippen LogP contribution in [0.3, 0.4) is 0 Å². The number of para-hydroxylation sites is 1. The molecule has 0 bridgehead atoms. The Bertz CT molecular complexity index is 826. The molecule has 8 heteroatoms. The SMILES string of the molecule is COc1cccc(/C=C/C(=O)NCCNC(=O)c2ccccc2)c1OC(F)F. The summed E-state index contributed by atoms with van der Waals surface area (Å²) in [4.78, 5) is 23.7. The fourth-order valence-electron chi connectivity index (χ4n) is 2.32. The predicted molar refractivity (Wildman–Crippen MR) is 100 cm³/mol. The van der Waals surface area contributed by atoms with Crippen LogP contribution in [-0.2, 0) is 4.79 Å². The molecule has 0 saturated heterocycles. The number of carbonyl (C=O) groups is 2. The third kappa shape index (κ3) is 6.39. The van der Waals surface area contributed by atoms with E-state index in [1.54, 1.807) is 30.3 Å². The highest BCUT2D eigenvalue weighted by molar-refractivity contribution is 5.94. The molecule has 0 spiro atoms. The molecule has 0 aromatic heterocycles. The molecule has 0 saturated carbocycles. The zero-order valence-corrected chi connectivity index (χ0v) is 15.2. The van der Waals surface area contributed by atoms with E-state index in [2.05, 4.69) is 15.4 Å². The maximum atomic E-state index is 12.6. The average Bonchev–Trinajstić information content (AvgIpc) is 2.70. The van der Waals surface area contributed by atoms with Crippen LogP contribution in [-0.4, -0.2) is 38.6 Å². The molecular formula is C20H20F2N2O4. The van der Waals surface area contributed by atoms with E-state index in [-0.39, 0.29) is 36.1 Å². The molecule has 0 aliphatic carbocycles. The number of carbonyl (C=O) groups excluding carboxylic acids is 2. The van der Waals surface area contributed by atoms with Crippen molar-refractivity contribution in [2.45, 2.75) is 6.61 Å². The Kier molecular flexibility index (Phi) is 7.95. The van der Waals surface area contributed by atoms with E-state index in [4.69, 9.17) is 4.74 Å². The van der Waals surface area contributed by atoms with E-state index < -0.39 is 12.5 Å². The second-order valence-electron chi connectivity index (χ2n) is 5.50. The van der Waals surface area contributed by atoms with Crippen LogP contribution >= 0.6 is 0 Å². The summed E-state index contributed by atoms with van der Waals surface area (Å²) in [5.41, 5.74) is 0.797. The van der Waals surface area contributed by atoms with E-state index >= 15 is 0 Å². The number of nitrogens with one attached hydrogen (secondary N) is 2. The van der Waals surface area contributed by atoms with Gasteiger partial charge in [0.05, 0.1) is 7.11 Å². The van der Waals surface area contributed by atoms with E-state index in [1.807, 2.05) is 6.07 Å². The normalized spacial score (nSPS) is 10.7. The van der Waals surface area contributed by atoms with Crippen LogP contribution in [0, 0.1) is 0 Å². The lowest BCUT2D eigenvalue weighted by atomic mass is 10.1. The Morgan fingerprint density at radius 1 is 1.04 bits per heavy atom. The minimum atomic E-state index is -3.02. The summed E-state index contributed by atoms with van der Waals surface area (Å²) in [5.74, 6) is -0.707. The Hall–Kier alpha value is -3.42. The number of alkyl halides is 2. The molecule has 28 heavy (non-hydrogen) atoms. The number of hydrogen-bond donors (Lipinski definition) is 2. The van der Waals surface area contributed by atoms with Crippen LogP contribution in [0.4, 0.5) is 8.78 Å². The van der Waals surface area contributed by atoms with Crippen molar-refractivity contribution in [2.75, 3.05) is 20.2 Å². The molecule has 2 amide bonds. The van der Waals surface area contributed by atoms with Crippen LogP contribution in [0.25, 0.3) is 6.08 Å². The third-order valence-electron chi connectivity index (χ3n) is 3.60. The van der Waals surface area contributed by atoms with Crippen molar-refractivity contribution in [3.63, 3.8) is 0 Å². The molecule has 0 radical (unpaired) electrons. The van der Waals surface area contributed by atoms with Gasteiger partial charge in [-0.25, -0.2) is 0 Å². The summed E-state index contributed by atoms with van der Waals surface area (Å²) < 4.78 is 34.7. The fourth-order valence-corrected chi connectivity index (χ4v) is 2.32. The molecule has 0 aliphatic heterocycles. The summed E-state index contributed by atoms with van der Waals surface area (Å²) in [6.45, 7) is -2.57. The highest BCUT2D eigenvalue weighted by Gasteiger charge is 2.14. The van der Waals surface area contributed by atoms with Gasteiger partial charge < -0.3 is 20.1 Å². The first-order valence-electron chi connectivity index (χ1n) is 8.42. The number of halogens is 2. The zero-order valence-electron chi connectivity index (χ0n) is 15.2. The first-order chi connectivity index (χ1) is 13.5. The molecule has 0 fully saturated rings. The molecule has 2 N–H and O–H groups in total. The molecule has 2 rings (SSSR count). The number of benzene rings is 2. The van der Waals surface area contributed by atoms with Crippen LogP contribution < -0.4 is 20.1 Å². The average molecular weight is 390 g/mol. The van der Waals surface area contributed by atoms with Crippen LogP contribution in [0.2, 0.25) is 0 Å². The van der Waals surface area contributed by atoms with Gasteiger partial charge in [0.2, 0.25) is 5.91 Å². The molecular weight excluding hydrogens is 370 g/mol. The Balaban J connectivity index is 1.86. The summed E-state index contributed by atoms with van der Waals surface area (Å²) in [6, 6.07) is 13.3. The highest BCUT2D eigenvalue weighted by Crippen LogP contribution is 2.33. The predicted octanol–water partition coefficient (Wildman–Crippen LogP) is 2.86. The van der Waals surface area contributed by atoms with E-state index in [1.165, 1.54) is 31.4 Å². The third-order valence-corrected chi connectivity index (χ3v) is 3.60. The van der Waals surface area contributed by atoms with Gasteiger partial charge in [-0.15, -0.1) is 0 Å². The lowest BCUT2D eigenvalue weighted by Gasteiger charge is -2.12. The first kappa shape index (κ1) is 20.9. The summed E-state index contributed by atoms with van der Waals surface area (Å²) in [5, 5.41) is 5.26. The lowest BCUT2D eigenvalue weighted by molar-refractivity contribution is -0.116. The lowest BCUT2D eigenvalue weighted by Crippen LogP contribution is -2.33. The van der Waals surface area contributed by atoms with Crippen molar-refractivity contribution in [3.8, 4) is 11.5 Å². The van der Waals surface area contributed by atoms with Crippen LogP contribution in [0.1, 0.15) is 15.9 Å². The van der Waals surface area contributed by atoms with Crippen LogP contribution in [0.5, 0.6) is 11.5 Å². The molecule has 2 aromatic rings. The molecule has 0 heterocycles. The first-order valence-corrected chi connectivity index (χ1v) is 8.42. The Labute approximate surface area is 161 Å². The number of amides is 2. The monoisotopic (exact) mass is 390 g/mol. The van der Waals surface area contributed by atoms with Gasteiger partial charge in [-0.05, 0) is 24.3 Å². The zero-order chi connectivity index (χ0) is 20.4. The van der Waals surface area contributed by atoms with E-state index in [9.17, 15) is 18.4 Å². The second-order valence-corrected chi connectivity index (χ2v) is 5.50.